The molecule has 0 spiro atoms. The molecule has 0 aromatic heterocycles. The highest BCUT2D eigenvalue weighted by atomic mass is 19.4. The topological polar surface area (TPSA) is 41.1 Å². The van der Waals surface area contributed by atoms with Gasteiger partial charge in [0.25, 0.3) is 0 Å². The van der Waals surface area contributed by atoms with Crippen LogP contribution < -0.4 is 10.6 Å². The maximum absolute atomic E-state index is 12.9. The summed E-state index contributed by atoms with van der Waals surface area (Å²) in [5.74, 6) is -0.520. The third-order valence-corrected chi connectivity index (χ3v) is 3.98. The van der Waals surface area contributed by atoms with Crippen molar-refractivity contribution in [2.75, 3.05) is 11.9 Å². The molecule has 0 fully saturated rings. The molecule has 1 amide bonds. The number of benzene rings is 2. The second-order valence-corrected chi connectivity index (χ2v) is 6.05. The molecule has 0 radical (unpaired) electrons. The SMILES string of the molecule is Cc1ccc(C)c(C(C)NCC(=O)Nc2ccccc2C(F)(F)F)c1. The number of anilines is 1. The summed E-state index contributed by atoms with van der Waals surface area (Å²) in [5, 5.41) is 5.38. The summed E-state index contributed by atoms with van der Waals surface area (Å²) in [7, 11) is 0. The number of carbonyl (C=O) groups is 1. The first-order chi connectivity index (χ1) is 11.7. The molecular weight excluding hydrogens is 329 g/mol. The van der Waals surface area contributed by atoms with Crippen molar-refractivity contribution in [2.24, 2.45) is 0 Å². The largest absolute Gasteiger partial charge is 0.418 e. The zero-order chi connectivity index (χ0) is 18.6. The van der Waals surface area contributed by atoms with Gasteiger partial charge < -0.3 is 10.6 Å². The standard InChI is InChI=1S/C19H21F3N2O/c1-12-8-9-13(2)15(10-12)14(3)23-11-18(25)24-17-7-5-4-6-16(17)19(20,21)22/h4-10,14,23H,11H2,1-3H3,(H,24,25). The number of amides is 1. The lowest BCUT2D eigenvalue weighted by molar-refractivity contribution is -0.137. The van der Waals surface area contributed by atoms with Crippen LogP contribution in [0.3, 0.4) is 0 Å². The maximum Gasteiger partial charge on any atom is 0.418 e. The molecule has 25 heavy (non-hydrogen) atoms. The van der Waals surface area contributed by atoms with Crippen molar-refractivity contribution in [2.45, 2.75) is 33.0 Å². The van der Waals surface area contributed by atoms with Crippen LogP contribution in [0, 0.1) is 13.8 Å². The van der Waals surface area contributed by atoms with E-state index in [2.05, 4.69) is 10.6 Å². The van der Waals surface area contributed by atoms with Gasteiger partial charge in [-0.3, -0.25) is 4.79 Å². The molecule has 0 aliphatic carbocycles. The number of carbonyl (C=O) groups excluding carboxylic acids is 1. The molecule has 0 heterocycles. The Morgan fingerprint density at radius 3 is 2.48 bits per heavy atom. The van der Waals surface area contributed by atoms with Gasteiger partial charge in [-0.2, -0.15) is 13.2 Å². The number of aryl methyl sites for hydroxylation is 2. The zero-order valence-electron chi connectivity index (χ0n) is 14.4. The van der Waals surface area contributed by atoms with Gasteiger partial charge in [0.05, 0.1) is 17.8 Å². The van der Waals surface area contributed by atoms with Crippen molar-refractivity contribution in [1.82, 2.24) is 5.32 Å². The normalized spacial score (nSPS) is 12.7. The molecule has 1 atom stereocenters. The summed E-state index contributed by atoms with van der Waals surface area (Å²) in [6.45, 7) is 5.79. The van der Waals surface area contributed by atoms with Crippen molar-refractivity contribution in [3.8, 4) is 0 Å². The molecule has 0 aliphatic rings. The summed E-state index contributed by atoms with van der Waals surface area (Å²) in [5.41, 5.74) is 2.17. The average molecular weight is 350 g/mol. The second-order valence-electron chi connectivity index (χ2n) is 6.05. The van der Waals surface area contributed by atoms with Crippen LogP contribution in [0.2, 0.25) is 0 Å². The lowest BCUT2D eigenvalue weighted by atomic mass is 10.00. The van der Waals surface area contributed by atoms with E-state index >= 15 is 0 Å². The molecule has 2 rings (SSSR count). The van der Waals surface area contributed by atoms with Gasteiger partial charge >= 0.3 is 6.18 Å². The molecule has 0 bridgehead atoms. The van der Waals surface area contributed by atoms with E-state index < -0.39 is 17.6 Å². The van der Waals surface area contributed by atoms with E-state index in [-0.39, 0.29) is 18.3 Å². The van der Waals surface area contributed by atoms with E-state index in [9.17, 15) is 18.0 Å². The van der Waals surface area contributed by atoms with Crippen LogP contribution in [0.4, 0.5) is 18.9 Å². The number of alkyl halides is 3. The quantitative estimate of drug-likeness (QED) is 0.827. The highest BCUT2D eigenvalue weighted by Gasteiger charge is 2.33. The summed E-state index contributed by atoms with van der Waals surface area (Å²) in [6.07, 6.45) is -4.51. The van der Waals surface area contributed by atoms with E-state index in [4.69, 9.17) is 0 Å². The van der Waals surface area contributed by atoms with Crippen molar-refractivity contribution in [3.63, 3.8) is 0 Å². The number of rotatable bonds is 5. The lowest BCUT2D eigenvalue weighted by Crippen LogP contribution is -2.31. The first-order valence-corrected chi connectivity index (χ1v) is 7.95. The highest BCUT2D eigenvalue weighted by Crippen LogP contribution is 2.34. The highest BCUT2D eigenvalue weighted by molar-refractivity contribution is 5.93. The Bertz CT molecular complexity index is 757. The summed E-state index contributed by atoms with van der Waals surface area (Å²) < 4.78 is 38.8. The maximum atomic E-state index is 12.9. The molecule has 0 saturated carbocycles. The van der Waals surface area contributed by atoms with Gasteiger partial charge in [0.15, 0.2) is 0 Å². The summed E-state index contributed by atoms with van der Waals surface area (Å²) in [4.78, 5) is 12.0. The van der Waals surface area contributed by atoms with Gasteiger partial charge in [0, 0.05) is 6.04 Å². The van der Waals surface area contributed by atoms with E-state index in [0.717, 1.165) is 22.8 Å². The zero-order valence-corrected chi connectivity index (χ0v) is 14.4. The molecule has 0 saturated heterocycles. The molecule has 0 aliphatic heterocycles. The minimum absolute atomic E-state index is 0.0826. The summed E-state index contributed by atoms with van der Waals surface area (Å²) in [6, 6.07) is 10.9. The van der Waals surface area contributed by atoms with Crippen LogP contribution in [-0.2, 0) is 11.0 Å². The molecule has 2 N–H and O–H groups in total. The molecule has 1 unspecified atom stereocenters. The first kappa shape index (κ1) is 19.0. The van der Waals surface area contributed by atoms with E-state index in [1.165, 1.54) is 18.2 Å². The van der Waals surface area contributed by atoms with Crippen molar-refractivity contribution in [3.05, 3.63) is 64.7 Å². The van der Waals surface area contributed by atoms with E-state index in [1.54, 1.807) is 0 Å². The Balaban J connectivity index is 2.01. The third kappa shape index (κ3) is 5.06. The van der Waals surface area contributed by atoms with Crippen LogP contribution in [0.1, 0.15) is 35.2 Å². The van der Waals surface area contributed by atoms with Crippen LogP contribution in [0.5, 0.6) is 0 Å². The molecular formula is C19H21F3N2O. The Hall–Kier alpha value is -2.34. The van der Waals surface area contributed by atoms with Crippen molar-refractivity contribution < 1.29 is 18.0 Å². The second kappa shape index (κ2) is 7.70. The van der Waals surface area contributed by atoms with Crippen LogP contribution in [-0.4, -0.2) is 12.5 Å². The number of halogens is 3. The Kier molecular flexibility index (Phi) is 5.85. The van der Waals surface area contributed by atoms with Gasteiger partial charge in [-0.1, -0.05) is 35.9 Å². The smallest absolute Gasteiger partial charge is 0.324 e. The number of hydrogen-bond acceptors (Lipinski definition) is 2. The molecule has 6 heteroatoms. The van der Waals surface area contributed by atoms with E-state index in [0.29, 0.717) is 0 Å². The number of para-hydroxylation sites is 1. The predicted molar refractivity (Wildman–Crippen MR) is 92.4 cm³/mol. The number of hydrogen-bond donors (Lipinski definition) is 2. The monoisotopic (exact) mass is 350 g/mol. The molecule has 2 aromatic carbocycles. The Labute approximate surface area is 145 Å². The minimum Gasteiger partial charge on any atom is -0.324 e. The van der Waals surface area contributed by atoms with Gasteiger partial charge in [0.2, 0.25) is 5.91 Å². The first-order valence-electron chi connectivity index (χ1n) is 7.95. The Morgan fingerprint density at radius 2 is 1.80 bits per heavy atom. The van der Waals surface area contributed by atoms with Crippen LogP contribution in [0.25, 0.3) is 0 Å². The molecule has 2 aromatic rings. The average Bonchev–Trinajstić information content (AvgIpc) is 2.54. The predicted octanol–water partition coefficient (Wildman–Crippen LogP) is 4.61. The minimum atomic E-state index is -4.51. The fraction of sp³-hybridized carbons (Fsp3) is 0.316. The van der Waals surface area contributed by atoms with Crippen LogP contribution >= 0.6 is 0 Å². The molecule has 134 valence electrons. The molecule has 3 nitrogen and oxygen atoms in total. The number of nitrogens with one attached hydrogen (secondary N) is 2. The van der Waals surface area contributed by atoms with Gasteiger partial charge in [-0.25, -0.2) is 0 Å². The Morgan fingerprint density at radius 1 is 1.12 bits per heavy atom. The van der Waals surface area contributed by atoms with Gasteiger partial charge in [-0.05, 0) is 44.0 Å². The van der Waals surface area contributed by atoms with Crippen molar-refractivity contribution >= 4 is 11.6 Å². The lowest BCUT2D eigenvalue weighted by Gasteiger charge is -2.18. The van der Waals surface area contributed by atoms with E-state index in [1.807, 2.05) is 39.0 Å². The summed E-state index contributed by atoms with van der Waals surface area (Å²) >= 11 is 0. The van der Waals surface area contributed by atoms with Gasteiger partial charge in [-0.15, -0.1) is 0 Å². The van der Waals surface area contributed by atoms with Crippen LogP contribution in [0.15, 0.2) is 42.5 Å². The fourth-order valence-electron chi connectivity index (χ4n) is 2.62. The van der Waals surface area contributed by atoms with Gasteiger partial charge in [0.1, 0.15) is 0 Å². The fourth-order valence-corrected chi connectivity index (χ4v) is 2.62. The third-order valence-electron chi connectivity index (χ3n) is 3.98. The van der Waals surface area contributed by atoms with Crippen molar-refractivity contribution in [1.29, 1.82) is 0 Å².